The van der Waals surface area contributed by atoms with E-state index in [0.29, 0.717) is 0 Å². The summed E-state index contributed by atoms with van der Waals surface area (Å²) in [5.74, 6) is 0. The molecule has 57 valence electrons. The summed E-state index contributed by atoms with van der Waals surface area (Å²) < 4.78 is 0. The van der Waals surface area contributed by atoms with E-state index in [1.165, 1.54) is 19.3 Å². The molecule has 0 heterocycles. The molecule has 0 rings (SSSR count). The fourth-order valence-corrected chi connectivity index (χ4v) is 0.756. The highest BCUT2D eigenvalue weighted by Gasteiger charge is 1.77. The summed E-state index contributed by atoms with van der Waals surface area (Å²) in [4.78, 5) is 0. The molecule has 0 atom stereocenters. The lowest BCUT2D eigenvalue weighted by molar-refractivity contribution is 0.865. The van der Waals surface area contributed by atoms with Gasteiger partial charge in [0.2, 0.25) is 0 Å². The molecule has 0 unspecified atom stereocenters. The Morgan fingerprint density at radius 1 is 1.10 bits per heavy atom. The molecule has 0 heteroatoms. The van der Waals surface area contributed by atoms with Gasteiger partial charge >= 0.3 is 0 Å². The number of hydrogen-bond acceptors (Lipinski definition) is 0. The van der Waals surface area contributed by atoms with E-state index in [2.05, 4.69) is 38.2 Å². The zero-order chi connectivity index (χ0) is 7.66. The zero-order valence-electron chi connectivity index (χ0n) is 6.84. The average molecular weight is 137 g/mol. The Bertz CT molecular complexity index is 98.6. The van der Waals surface area contributed by atoms with Crippen LogP contribution in [-0.4, -0.2) is 0 Å². The smallest absolute Gasteiger partial charge is 0.0348 e. The van der Waals surface area contributed by atoms with Crippen molar-refractivity contribution in [2.75, 3.05) is 0 Å². The first-order valence-corrected chi connectivity index (χ1v) is 3.97. The fraction of sp³-hybridized carbons (Fsp3) is 0.500. The predicted molar refractivity (Wildman–Crippen MR) is 47.8 cm³/mol. The molecule has 0 N–H and O–H groups in total. The number of hydrogen-bond donors (Lipinski definition) is 0. The van der Waals surface area contributed by atoms with Crippen molar-refractivity contribution >= 4 is 0 Å². The maximum atomic E-state index is 3.72. The average Bonchev–Trinajstić information content (AvgIpc) is 1.97. The molecule has 0 bridgehead atoms. The molecular weight excluding hydrogens is 120 g/mol. The van der Waals surface area contributed by atoms with E-state index in [-0.39, 0.29) is 0 Å². The first-order valence-electron chi connectivity index (χ1n) is 3.97. The summed E-state index contributed by atoms with van der Waals surface area (Å²) in [6.07, 6.45) is 13.2. The van der Waals surface area contributed by atoms with E-state index in [0.717, 1.165) is 6.42 Å². The minimum Gasteiger partial charge on any atom is -0.0917 e. The van der Waals surface area contributed by atoms with Crippen LogP contribution in [0.15, 0.2) is 24.3 Å². The predicted octanol–water partition coefficient (Wildman–Crippen LogP) is 3.51. The molecule has 0 saturated heterocycles. The van der Waals surface area contributed by atoms with Crippen molar-refractivity contribution < 1.29 is 0 Å². The first kappa shape index (κ1) is 9.48. The summed E-state index contributed by atoms with van der Waals surface area (Å²) >= 11 is 0. The topological polar surface area (TPSA) is 0 Å². The normalized spacial score (nSPS) is 11.8. The number of rotatable bonds is 5. The Morgan fingerprint density at radius 2 is 1.80 bits per heavy atom. The van der Waals surface area contributed by atoms with Gasteiger partial charge in [0.15, 0.2) is 0 Å². The SMILES string of the molecule is [CH2]CC=CCCCC=CC. The van der Waals surface area contributed by atoms with Crippen molar-refractivity contribution in [1.82, 2.24) is 0 Å². The van der Waals surface area contributed by atoms with Crippen molar-refractivity contribution in [2.45, 2.75) is 32.6 Å². The highest BCUT2D eigenvalue weighted by molar-refractivity contribution is 4.84. The summed E-state index contributed by atoms with van der Waals surface area (Å²) in [6, 6.07) is 0. The molecular formula is C10H17. The van der Waals surface area contributed by atoms with Crippen LogP contribution in [-0.2, 0) is 0 Å². The molecule has 0 aromatic rings. The number of allylic oxidation sites excluding steroid dienone is 4. The Hall–Kier alpha value is -0.520. The molecule has 0 aliphatic heterocycles. The van der Waals surface area contributed by atoms with E-state index in [9.17, 15) is 0 Å². The Labute approximate surface area is 64.6 Å². The van der Waals surface area contributed by atoms with E-state index in [4.69, 9.17) is 0 Å². The molecule has 0 aromatic heterocycles. The van der Waals surface area contributed by atoms with Gasteiger partial charge < -0.3 is 0 Å². The standard InChI is InChI=1S/C10H17/c1-3-5-7-9-10-8-6-4-2/h4-7H,1,3,8-10H2,2H3. The van der Waals surface area contributed by atoms with E-state index < -0.39 is 0 Å². The van der Waals surface area contributed by atoms with Crippen molar-refractivity contribution in [1.29, 1.82) is 0 Å². The van der Waals surface area contributed by atoms with Crippen LogP contribution in [0.2, 0.25) is 0 Å². The lowest BCUT2D eigenvalue weighted by Gasteiger charge is -1.88. The van der Waals surface area contributed by atoms with Gasteiger partial charge in [-0.15, -0.1) is 0 Å². The van der Waals surface area contributed by atoms with Crippen LogP contribution in [0.3, 0.4) is 0 Å². The van der Waals surface area contributed by atoms with Gasteiger partial charge in [-0.1, -0.05) is 24.3 Å². The Kier molecular flexibility index (Phi) is 8.04. The van der Waals surface area contributed by atoms with Crippen LogP contribution >= 0.6 is 0 Å². The fourth-order valence-electron chi connectivity index (χ4n) is 0.756. The Morgan fingerprint density at radius 3 is 2.40 bits per heavy atom. The quantitative estimate of drug-likeness (QED) is 0.402. The molecule has 0 aliphatic rings. The van der Waals surface area contributed by atoms with Gasteiger partial charge in [-0.05, 0) is 39.5 Å². The van der Waals surface area contributed by atoms with Gasteiger partial charge in [-0.2, -0.15) is 0 Å². The first-order chi connectivity index (χ1) is 4.91. The molecule has 0 amide bonds. The summed E-state index contributed by atoms with van der Waals surface area (Å²) in [6.45, 7) is 5.78. The van der Waals surface area contributed by atoms with Gasteiger partial charge in [0, 0.05) is 0 Å². The lowest BCUT2D eigenvalue weighted by Crippen LogP contribution is -1.67. The Balaban J connectivity index is 2.97. The van der Waals surface area contributed by atoms with Crippen LogP contribution in [0, 0.1) is 6.92 Å². The summed E-state index contributed by atoms with van der Waals surface area (Å²) in [7, 11) is 0. The maximum Gasteiger partial charge on any atom is -0.0348 e. The molecule has 0 aromatic carbocycles. The molecule has 1 radical (unpaired) electrons. The molecule has 0 spiro atoms. The van der Waals surface area contributed by atoms with Gasteiger partial charge in [0.25, 0.3) is 0 Å². The largest absolute Gasteiger partial charge is 0.0917 e. The van der Waals surface area contributed by atoms with E-state index in [1.807, 2.05) is 0 Å². The summed E-state index contributed by atoms with van der Waals surface area (Å²) in [5, 5.41) is 0. The summed E-state index contributed by atoms with van der Waals surface area (Å²) in [5.41, 5.74) is 0. The third-order valence-corrected chi connectivity index (χ3v) is 1.31. The van der Waals surface area contributed by atoms with Gasteiger partial charge in [0.05, 0.1) is 0 Å². The highest BCUT2D eigenvalue weighted by atomic mass is 13.8. The molecule has 0 nitrogen and oxygen atoms in total. The second kappa shape index (κ2) is 8.48. The number of unbranched alkanes of at least 4 members (excludes halogenated alkanes) is 2. The highest BCUT2D eigenvalue weighted by Crippen LogP contribution is 1.97. The van der Waals surface area contributed by atoms with Crippen molar-refractivity contribution in [2.24, 2.45) is 0 Å². The third kappa shape index (κ3) is 7.48. The van der Waals surface area contributed by atoms with Gasteiger partial charge in [0.1, 0.15) is 0 Å². The van der Waals surface area contributed by atoms with Crippen molar-refractivity contribution in [3.63, 3.8) is 0 Å². The third-order valence-electron chi connectivity index (χ3n) is 1.31. The minimum absolute atomic E-state index is 0.920. The monoisotopic (exact) mass is 137 g/mol. The van der Waals surface area contributed by atoms with Crippen LogP contribution in [0.25, 0.3) is 0 Å². The second-order valence-electron chi connectivity index (χ2n) is 2.26. The van der Waals surface area contributed by atoms with Crippen LogP contribution < -0.4 is 0 Å². The van der Waals surface area contributed by atoms with Gasteiger partial charge in [-0.25, -0.2) is 0 Å². The lowest BCUT2D eigenvalue weighted by atomic mass is 10.2. The second-order valence-corrected chi connectivity index (χ2v) is 2.26. The molecule has 10 heavy (non-hydrogen) atoms. The molecule has 0 aliphatic carbocycles. The van der Waals surface area contributed by atoms with Crippen LogP contribution in [0.4, 0.5) is 0 Å². The van der Waals surface area contributed by atoms with Crippen LogP contribution in [0.1, 0.15) is 32.6 Å². The molecule has 0 fully saturated rings. The van der Waals surface area contributed by atoms with Crippen molar-refractivity contribution in [3.05, 3.63) is 31.2 Å². The van der Waals surface area contributed by atoms with E-state index in [1.54, 1.807) is 0 Å². The van der Waals surface area contributed by atoms with Crippen molar-refractivity contribution in [3.8, 4) is 0 Å². The zero-order valence-corrected chi connectivity index (χ0v) is 6.84. The van der Waals surface area contributed by atoms with E-state index >= 15 is 0 Å². The van der Waals surface area contributed by atoms with Crippen LogP contribution in [0.5, 0.6) is 0 Å². The maximum absolute atomic E-state index is 3.72. The van der Waals surface area contributed by atoms with Gasteiger partial charge in [-0.3, -0.25) is 0 Å². The molecule has 0 saturated carbocycles. The minimum atomic E-state index is 0.920.